The Labute approximate surface area is 74.4 Å². The first-order valence-electron chi connectivity index (χ1n) is 3.96. The van der Waals surface area contributed by atoms with Crippen LogP contribution in [0.4, 0.5) is 0 Å². The van der Waals surface area contributed by atoms with E-state index in [1.54, 1.807) is 0 Å². The average molecular weight is 180 g/mol. The smallest absolute Gasteiger partial charge is 0.302 e. The third-order valence-corrected chi connectivity index (χ3v) is 3.00. The van der Waals surface area contributed by atoms with Crippen molar-refractivity contribution in [1.29, 1.82) is 0 Å². The van der Waals surface area contributed by atoms with Crippen molar-refractivity contribution in [3.63, 3.8) is 0 Å². The molecule has 0 aliphatic heterocycles. The maximum absolute atomic E-state index is 10.4. The highest BCUT2D eigenvalue weighted by Crippen LogP contribution is 1.82. The maximum atomic E-state index is 10.4. The monoisotopic (exact) mass is 180 g/mol. The number of hydrogen-bond acceptors (Lipinski definition) is 2. The van der Waals surface area contributed by atoms with Gasteiger partial charge in [0.2, 0.25) is 0 Å². The van der Waals surface area contributed by atoms with Crippen LogP contribution in [0.25, 0.3) is 0 Å². The van der Waals surface area contributed by atoms with Gasteiger partial charge in [-0.2, -0.15) is 0 Å². The Morgan fingerprint density at radius 3 is 2.67 bits per heavy atom. The topological polar surface area (TPSA) is 26.3 Å². The number of benzene rings is 1. The van der Waals surface area contributed by atoms with E-state index in [1.807, 2.05) is 18.2 Å². The Hall–Kier alpha value is -1.09. The van der Waals surface area contributed by atoms with Crippen molar-refractivity contribution < 1.29 is 9.53 Å². The molecular weight excluding hydrogens is 168 g/mol. The van der Waals surface area contributed by atoms with Crippen LogP contribution >= 0.6 is 0 Å². The Morgan fingerprint density at radius 1 is 1.42 bits per heavy atom. The Bertz CT molecular complexity index is 246. The van der Waals surface area contributed by atoms with Crippen molar-refractivity contribution in [3.05, 3.63) is 30.3 Å². The lowest BCUT2D eigenvalue weighted by molar-refractivity contribution is -0.138. The zero-order chi connectivity index (χ0) is 8.81. The summed E-state index contributed by atoms with van der Waals surface area (Å²) in [5.41, 5.74) is 0. The first-order chi connectivity index (χ1) is 5.79. The molecule has 0 aliphatic rings. The lowest BCUT2D eigenvalue weighted by Crippen LogP contribution is -2.20. The summed E-state index contributed by atoms with van der Waals surface area (Å²) in [6, 6.07) is 10.2. The molecule has 0 amide bonds. The molecule has 0 bridgehead atoms. The Morgan fingerprint density at radius 2 is 2.08 bits per heavy atom. The molecule has 0 aliphatic carbocycles. The van der Waals surface area contributed by atoms with Crippen LogP contribution in [-0.2, 0) is 9.53 Å². The van der Waals surface area contributed by atoms with Crippen LogP contribution in [0, 0.1) is 0 Å². The van der Waals surface area contributed by atoms with E-state index in [2.05, 4.69) is 12.1 Å². The summed E-state index contributed by atoms with van der Waals surface area (Å²) in [5.74, 6) is -0.182. The lowest BCUT2D eigenvalue weighted by atomic mass is 10.4. The standard InChI is InChI=1S/C9H12O2Si/c1-8(10)11-7-12-9-5-3-2-4-6-9/h2-6H,7,12H2,1H3. The summed E-state index contributed by atoms with van der Waals surface area (Å²) >= 11 is 0. The summed E-state index contributed by atoms with van der Waals surface area (Å²) in [7, 11) is -0.397. The van der Waals surface area contributed by atoms with E-state index >= 15 is 0 Å². The fourth-order valence-electron chi connectivity index (χ4n) is 0.957. The van der Waals surface area contributed by atoms with Crippen LogP contribution in [0.15, 0.2) is 30.3 Å². The molecule has 1 aromatic carbocycles. The zero-order valence-electron chi connectivity index (χ0n) is 7.12. The van der Waals surface area contributed by atoms with Gasteiger partial charge >= 0.3 is 5.97 Å². The minimum Gasteiger partial charge on any atom is -0.470 e. The second-order valence-corrected chi connectivity index (χ2v) is 4.30. The lowest BCUT2D eigenvalue weighted by Gasteiger charge is -2.00. The Kier molecular flexibility index (Phi) is 3.54. The first-order valence-corrected chi connectivity index (χ1v) is 5.67. The van der Waals surface area contributed by atoms with E-state index in [9.17, 15) is 4.79 Å². The van der Waals surface area contributed by atoms with E-state index < -0.39 is 9.52 Å². The molecule has 0 saturated heterocycles. The van der Waals surface area contributed by atoms with Crippen LogP contribution in [0.3, 0.4) is 0 Å². The van der Waals surface area contributed by atoms with E-state index in [-0.39, 0.29) is 5.97 Å². The van der Waals surface area contributed by atoms with Crippen molar-refractivity contribution in [3.8, 4) is 0 Å². The van der Waals surface area contributed by atoms with Gasteiger partial charge in [0, 0.05) is 6.92 Å². The molecule has 1 rings (SSSR count). The summed E-state index contributed by atoms with van der Waals surface area (Å²) in [4.78, 5) is 10.4. The summed E-state index contributed by atoms with van der Waals surface area (Å²) in [6.45, 7) is 1.44. The van der Waals surface area contributed by atoms with Gasteiger partial charge < -0.3 is 4.74 Å². The maximum Gasteiger partial charge on any atom is 0.302 e. The van der Waals surface area contributed by atoms with Crippen LogP contribution in [0.5, 0.6) is 0 Å². The van der Waals surface area contributed by atoms with Crippen molar-refractivity contribution in [2.24, 2.45) is 0 Å². The van der Waals surface area contributed by atoms with Crippen LogP contribution in [-0.4, -0.2) is 21.7 Å². The molecule has 0 fully saturated rings. The first kappa shape index (κ1) is 9.00. The van der Waals surface area contributed by atoms with Crippen molar-refractivity contribution in [2.75, 3.05) is 6.23 Å². The van der Waals surface area contributed by atoms with E-state index in [4.69, 9.17) is 4.74 Å². The molecule has 0 saturated carbocycles. The fourth-order valence-corrected chi connectivity index (χ4v) is 2.19. The molecule has 0 atom stereocenters. The highest BCUT2D eigenvalue weighted by atomic mass is 28.2. The number of rotatable bonds is 3. The van der Waals surface area contributed by atoms with Crippen LogP contribution < -0.4 is 5.19 Å². The highest BCUT2D eigenvalue weighted by molar-refractivity contribution is 6.53. The minimum atomic E-state index is -0.397. The van der Waals surface area contributed by atoms with Gasteiger partial charge in [0.05, 0.1) is 15.7 Å². The molecule has 64 valence electrons. The SMILES string of the molecule is CC(=O)OC[SiH2]c1ccccc1. The summed E-state index contributed by atoms with van der Waals surface area (Å²) in [6.07, 6.45) is 0.610. The van der Waals surface area contributed by atoms with E-state index in [0.717, 1.165) is 0 Å². The summed E-state index contributed by atoms with van der Waals surface area (Å²) < 4.78 is 4.87. The number of ether oxygens (including phenoxy) is 1. The van der Waals surface area contributed by atoms with Gasteiger partial charge in [0.1, 0.15) is 0 Å². The minimum absolute atomic E-state index is 0.182. The van der Waals surface area contributed by atoms with Gasteiger partial charge in [-0.3, -0.25) is 4.79 Å². The summed E-state index contributed by atoms with van der Waals surface area (Å²) in [5, 5.41) is 1.33. The number of carbonyl (C=O) groups is 1. The zero-order valence-corrected chi connectivity index (χ0v) is 8.53. The molecule has 0 spiro atoms. The Balaban J connectivity index is 2.29. The molecule has 0 heterocycles. The predicted octanol–water partition coefficient (Wildman–Crippen LogP) is 0.00130. The molecule has 12 heavy (non-hydrogen) atoms. The van der Waals surface area contributed by atoms with Gasteiger partial charge in [-0.1, -0.05) is 35.5 Å². The second kappa shape index (κ2) is 4.72. The number of carbonyl (C=O) groups excluding carboxylic acids is 1. The fraction of sp³-hybridized carbons (Fsp3) is 0.222. The average Bonchev–Trinajstić information content (AvgIpc) is 2.05. The molecule has 3 heteroatoms. The van der Waals surface area contributed by atoms with E-state index in [1.165, 1.54) is 12.1 Å². The predicted molar refractivity (Wildman–Crippen MR) is 51.3 cm³/mol. The van der Waals surface area contributed by atoms with Crippen molar-refractivity contribution in [1.82, 2.24) is 0 Å². The molecule has 0 N–H and O–H groups in total. The molecule has 1 aromatic rings. The van der Waals surface area contributed by atoms with Gasteiger partial charge in [0.15, 0.2) is 0 Å². The van der Waals surface area contributed by atoms with Crippen molar-refractivity contribution >= 4 is 20.7 Å². The second-order valence-electron chi connectivity index (χ2n) is 2.58. The van der Waals surface area contributed by atoms with Crippen LogP contribution in [0.1, 0.15) is 6.92 Å². The van der Waals surface area contributed by atoms with E-state index in [0.29, 0.717) is 6.23 Å². The van der Waals surface area contributed by atoms with Gasteiger partial charge in [-0.25, -0.2) is 0 Å². The third-order valence-electron chi connectivity index (χ3n) is 1.54. The number of esters is 1. The normalized spacial score (nSPS) is 10.4. The molecule has 0 aromatic heterocycles. The van der Waals surface area contributed by atoms with Gasteiger partial charge in [-0.05, 0) is 0 Å². The third kappa shape index (κ3) is 3.34. The molecule has 0 radical (unpaired) electrons. The molecule has 0 unspecified atom stereocenters. The quantitative estimate of drug-likeness (QED) is 0.483. The molecular formula is C9H12O2Si. The molecule has 2 nitrogen and oxygen atoms in total. The number of hydrogen-bond donors (Lipinski definition) is 0. The van der Waals surface area contributed by atoms with Crippen molar-refractivity contribution in [2.45, 2.75) is 6.92 Å². The highest BCUT2D eigenvalue weighted by Gasteiger charge is 1.94. The largest absolute Gasteiger partial charge is 0.470 e. The van der Waals surface area contributed by atoms with Gasteiger partial charge in [-0.15, -0.1) is 0 Å². The van der Waals surface area contributed by atoms with Crippen LogP contribution in [0.2, 0.25) is 0 Å². The van der Waals surface area contributed by atoms with Gasteiger partial charge in [0.25, 0.3) is 0 Å².